The average molecular weight is 325 g/mol. The second kappa shape index (κ2) is 5.35. The van der Waals surface area contributed by atoms with Crippen molar-refractivity contribution in [1.82, 2.24) is 14.8 Å². The number of rotatable bonds is 2. The molecule has 0 aliphatic heterocycles. The molecule has 2 aromatic heterocycles. The van der Waals surface area contributed by atoms with Crippen molar-refractivity contribution < 1.29 is 4.79 Å². The van der Waals surface area contributed by atoms with Crippen molar-refractivity contribution >= 4 is 28.4 Å². The highest BCUT2D eigenvalue weighted by Gasteiger charge is 2.25. The number of hydrogen-bond donors (Lipinski definition) is 1. The fourth-order valence-corrected chi connectivity index (χ4v) is 3.19. The van der Waals surface area contributed by atoms with Crippen LogP contribution in [-0.2, 0) is 12.8 Å². The molecule has 1 aliphatic carbocycles. The highest BCUT2D eigenvalue weighted by atomic mass is 35.5. The monoisotopic (exact) mass is 324 g/mol. The van der Waals surface area contributed by atoms with Gasteiger partial charge in [-0.15, -0.1) is 0 Å². The molecule has 6 heteroatoms. The van der Waals surface area contributed by atoms with E-state index in [9.17, 15) is 4.79 Å². The molecule has 2 heterocycles. The van der Waals surface area contributed by atoms with Crippen molar-refractivity contribution in [2.45, 2.75) is 19.3 Å². The maximum Gasteiger partial charge on any atom is 0.267 e. The molecule has 2 N–H and O–H groups in total. The van der Waals surface area contributed by atoms with Crippen LogP contribution < -0.4 is 5.73 Å². The van der Waals surface area contributed by atoms with Gasteiger partial charge in [0.05, 0.1) is 16.9 Å². The van der Waals surface area contributed by atoms with Crippen LogP contribution in [0.5, 0.6) is 0 Å². The molecule has 4 rings (SSSR count). The van der Waals surface area contributed by atoms with Crippen LogP contribution in [0.2, 0.25) is 5.02 Å². The van der Waals surface area contributed by atoms with Gasteiger partial charge in [-0.2, -0.15) is 5.10 Å². The fraction of sp³-hybridized carbons (Fsp3) is 0.176. The standard InChI is InChI=1S/C17H13ClN4O/c18-10-5-6-11-14(9-10)20-8-7-15(11)22-16(17(19)23)12-3-1-2-4-13(12)21-22/h5-9H,2-4H2,(H2,19,23). The molecule has 5 nitrogen and oxygen atoms in total. The van der Waals surface area contributed by atoms with Gasteiger partial charge in [0.1, 0.15) is 5.69 Å². The Morgan fingerprint density at radius 2 is 2.22 bits per heavy atom. The fourth-order valence-electron chi connectivity index (χ4n) is 3.02. The van der Waals surface area contributed by atoms with Gasteiger partial charge in [-0.05, 0) is 49.9 Å². The first kappa shape index (κ1) is 14.2. The second-order valence-electron chi connectivity index (χ2n) is 5.47. The summed E-state index contributed by atoms with van der Waals surface area (Å²) >= 11 is 6.04. The van der Waals surface area contributed by atoms with Gasteiger partial charge >= 0.3 is 0 Å². The lowest BCUT2D eigenvalue weighted by Crippen LogP contribution is -2.19. The minimum atomic E-state index is -0.485. The first-order chi connectivity index (χ1) is 11.1. The van der Waals surface area contributed by atoms with Gasteiger partial charge in [-0.3, -0.25) is 9.78 Å². The van der Waals surface area contributed by atoms with Crippen molar-refractivity contribution in [3.8, 4) is 5.69 Å². The third-order valence-corrected chi connectivity index (χ3v) is 4.29. The number of amides is 1. The zero-order valence-corrected chi connectivity index (χ0v) is 13.0. The van der Waals surface area contributed by atoms with Crippen molar-refractivity contribution in [2.24, 2.45) is 5.73 Å². The van der Waals surface area contributed by atoms with Gasteiger partial charge in [-0.25, -0.2) is 4.68 Å². The minimum Gasteiger partial charge on any atom is -0.364 e. The molecule has 0 unspecified atom stereocenters. The molecule has 2 radical (unpaired) electrons. The zero-order chi connectivity index (χ0) is 16.0. The molecule has 0 saturated heterocycles. The third kappa shape index (κ3) is 2.28. The van der Waals surface area contributed by atoms with E-state index >= 15 is 0 Å². The van der Waals surface area contributed by atoms with Crippen LogP contribution in [0.1, 0.15) is 28.2 Å². The first-order valence-electron chi connectivity index (χ1n) is 7.31. The molecular formula is C17H13ClN4O. The summed E-state index contributed by atoms with van der Waals surface area (Å²) in [5.41, 5.74) is 9.36. The molecule has 0 bridgehead atoms. The predicted molar refractivity (Wildman–Crippen MR) is 87.7 cm³/mol. The number of halogens is 1. The van der Waals surface area contributed by atoms with Gasteiger partial charge in [0.25, 0.3) is 5.91 Å². The number of carbonyl (C=O) groups excluding carboxylic acids is 1. The number of nitrogens with two attached hydrogens (primary N) is 1. The minimum absolute atomic E-state index is 0.426. The van der Waals surface area contributed by atoms with Gasteiger partial charge in [0.15, 0.2) is 0 Å². The number of carbonyl (C=O) groups is 1. The van der Waals surface area contributed by atoms with Gasteiger partial charge in [0.2, 0.25) is 0 Å². The number of nitrogens with zero attached hydrogens (tertiary/aromatic N) is 3. The number of primary amides is 1. The van der Waals surface area contributed by atoms with E-state index in [-0.39, 0.29) is 0 Å². The van der Waals surface area contributed by atoms with E-state index in [2.05, 4.69) is 16.5 Å². The Bertz CT molecular complexity index is 932. The number of benzene rings is 1. The van der Waals surface area contributed by atoms with E-state index in [4.69, 9.17) is 17.3 Å². The summed E-state index contributed by atoms with van der Waals surface area (Å²) in [6, 6.07) is 7.29. The molecule has 0 saturated carbocycles. The van der Waals surface area contributed by atoms with E-state index in [0.717, 1.165) is 40.7 Å². The number of hydrogen-bond acceptors (Lipinski definition) is 3. The van der Waals surface area contributed by atoms with Crippen LogP contribution >= 0.6 is 11.6 Å². The average Bonchev–Trinajstić information content (AvgIpc) is 2.93. The van der Waals surface area contributed by atoms with E-state index in [0.29, 0.717) is 17.1 Å². The molecule has 114 valence electrons. The van der Waals surface area contributed by atoms with Crippen LogP contribution in [0.25, 0.3) is 16.6 Å². The maximum atomic E-state index is 12.0. The number of fused-ring (bicyclic) bond motifs is 2. The van der Waals surface area contributed by atoms with Gasteiger partial charge in [0, 0.05) is 22.2 Å². The molecule has 3 aromatic rings. The summed E-state index contributed by atoms with van der Waals surface area (Å²) in [6.45, 7) is 0. The van der Waals surface area contributed by atoms with E-state index in [1.165, 1.54) is 0 Å². The van der Waals surface area contributed by atoms with Crippen molar-refractivity contribution in [3.05, 3.63) is 58.9 Å². The van der Waals surface area contributed by atoms with Crippen LogP contribution in [0.15, 0.2) is 30.5 Å². The largest absolute Gasteiger partial charge is 0.364 e. The normalized spacial score (nSPS) is 14.0. The van der Waals surface area contributed by atoms with Crippen LogP contribution in [0.3, 0.4) is 0 Å². The molecule has 1 aliphatic rings. The molecule has 0 atom stereocenters. The Morgan fingerprint density at radius 1 is 1.35 bits per heavy atom. The maximum absolute atomic E-state index is 12.0. The van der Waals surface area contributed by atoms with Crippen molar-refractivity contribution in [3.63, 3.8) is 0 Å². The number of aromatic nitrogens is 3. The summed E-state index contributed by atoms with van der Waals surface area (Å²) in [7, 11) is 0. The Kier molecular flexibility index (Phi) is 3.31. The SMILES string of the molecule is NC(=O)c1c2c(nn1-c1ccnc3cc(Cl)ccc13)CC[C]C2. The smallest absolute Gasteiger partial charge is 0.267 e. The van der Waals surface area contributed by atoms with Gasteiger partial charge in [-0.1, -0.05) is 11.6 Å². The summed E-state index contributed by atoms with van der Waals surface area (Å²) in [4.78, 5) is 16.3. The Hall–Kier alpha value is -2.40. The van der Waals surface area contributed by atoms with Gasteiger partial charge < -0.3 is 5.73 Å². The lowest BCUT2D eigenvalue weighted by atomic mass is 9.96. The van der Waals surface area contributed by atoms with Crippen molar-refractivity contribution in [2.75, 3.05) is 0 Å². The van der Waals surface area contributed by atoms with E-state index in [1.807, 2.05) is 12.1 Å². The molecular weight excluding hydrogens is 312 g/mol. The Morgan fingerprint density at radius 3 is 3.04 bits per heavy atom. The summed E-state index contributed by atoms with van der Waals surface area (Å²) in [6.07, 6.45) is 7.15. The lowest BCUT2D eigenvalue weighted by molar-refractivity contribution is 0.0992. The van der Waals surface area contributed by atoms with Crippen LogP contribution in [-0.4, -0.2) is 20.7 Å². The lowest BCUT2D eigenvalue weighted by Gasteiger charge is -2.10. The Labute approximate surface area is 138 Å². The predicted octanol–water partition coefficient (Wildman–Crippen LogP) is 2.74. The molecule has 23 heavy (non-hydrogen) atoms. The van der Waals surface area contributed by atoms with Crippen LogP contribution in [0.4, 0.5) is 0 Å². The summed E-state index contributed by atoms with van der Waals surface area (Å²) in [5, 5.41) is 6.11. The van der Waals surface area contributed by atoms with Crippen molar-refractivity contribution in [1.29, 1.82) is 0 Å². The zero-order valence-electron chi connectivity index (χ0n) is 12.2. The third-order valence-electron chi connectivity index (χ3n) is 4.05. The summed E-state index contributed by atoms with van der Waals surface area (Å²) in [5.74, 6) is -0.485. The molecule has 0 spiro atoms. The number of aryl methyl sites for hydroxylation is 1. The molecule has 1 amide bonds. The highest BCUT2D eigenvalue weighted by Crippen LogP contribution is 2.29. The summed E-state index contributed by atoms with van der Waals surface area (Å²) < 4.78 is 1.64. The highest BCUT2D eigenvalue weighted by molar-refractivity contribution is 6.31. The number of pyridine rings is 1. The second-order valence-corrected chi connectivity index (χ2v) is 5.90. The molecule has 1 aromatic carbocycles. The Balaban J connectivity index is 2.01. The molecule has 0 fully saturated rings. The quantitative estimate of drug-likeness (QED) is 0.787. The topological polar surface area (TPSA) is 73.8 Å². The van der Waals surface area contributed by atoms with E-state index < -0.39 is 5.91 Å². The first-order valence-corrected chi connectivity index (χ1v) is 7.69. The van der Waals surface area contributed by atoms with Crippen LogP contribution in [0, 0.1) is 6.42 Å². The van der Waals surface area contributed by atoms with E-state index in [1.54, 1.807) is 23.0 Å².